The fourth-order valence-corrected chi connectivity index (χ4v) is 9.88. The van der Waals surface area contributed by atoms with E-state index in [1.807, 2.05) is 6.07 Å². The molecule has 3 heteroatoms. The Hall–Kier alpha value is -6.84. The standard InChI is InChI=1S/C54H42N2O/c1-53(2)43-20-10-8-19-41(43)42-31-30-38(34-45(42)53)55(46-22-12-9-18-39(46)35-16-6-5-7-17-35)37-28-26-36(27-29-37)40-32-33-50-52-51(40)54(3,4)44-21-11-13-23-47(44)56(52)48-24-14-15-25-49(48)57-50/h5-34H,1-4H3. The highest BCUT2D eigenvalue weighted by Gasteiger charge is 2.43. The number of hydrogen-bond donors (Lipinski definition) is 0. The number of nitrogens with zero attached hydrogens (tertiary/aromatic N) is 2. The van der Waals surface area contributed by atoms with Crippen molar-refractivity contribution in [2.24, 2.45) is 0 Å². The summed E-state index contributed by atoms with van der Waals surface area (Å²) >= 11 is 0. The molecule has 274 valence electrons. The Balaban J connectivity index is 1.08. The fourth-order valence-electron chi connectivity index (χ4n) is 9.88. The van der Waals surface area contributed by atoms with Crippen LogP contribution in [0.5, 0.6) is 11.5 Å². The van der Waals surface area contributed by atoms with Crippen LogP contribution in [0.3, 0.4) is 0 Å². The molecule has 0 radical (unpaired) electrons. The number of hydrogen-bond acceptors (Lipinski definition) is 3. The molecule has 3 nitrogen and oxygen atoms in total. The minimum absolute atomic E-state index is 0.117. The van der Waals surface area contributed by atoms with E-state index in [1.54, 1.807) is 0 Å². The van der Waals surface area contributed by atoms with Crippen LogP contribution in [0.4, 0.5) is 34.1 Å². The summed E-state index contributed by atoms with van der Waals surface area (Å²) in [5.41, 5.74) is 19.1. The summed E-state index contributed by atoms with van der Waals surface area (Å²) in [6.07, 6.45) is 0. The van der Waals surface area contributed by atoms with Gasteiger partial charge in [0.1, 0.15) is 0 Å². The predicted octanol–water partition coefficient (Wildman–Crippen LogP) is 15.0. The highest BCUT2D eigenvalue weighted by atomic mass is 16.5. The fraction of sp³-hybridized carbons (Fsp3) is 0.111. The minimum Gasteiger partial charge on any atom is -0.453 e. The summed E-state index contributed by atoms with van der Waals surface area (Å²) in [7, 11) is 0. The van der Waals surface area contributed by atoms with Crippen LogP contribution >= 0.6 is 0 Å². The van der Waals surface area contributed by atoms with Crippen molar-refractivity contribution < 1.29 is 4.74 Å². The van der Waals surface area contributed by atoms with E-state index in [4.69, 9.17) is 4.74 Å². The van der Waals surface area contributed by atoms with Gasteiger partial charge in [0, 0.05) is 27.8 Å². The summed E-state index contributed by atoms with van der Waals surface area (Å²) in [6, 6.07) is 66.3. The maximum Gasteiger partial charge on any atom is 0.151 e. The number of para-hydroxylation sites is 4. The summed E-state index contributed by atoms with van der Waals surface area (Å²) in [5.74, 6) is 1.76. The zero-order chi connectivity index (χ0) is 38.5. The summed E-state index contributed by atoms with van der Waals surface area (Å²) < 4.78 is 6.64. The Kier molecular flexibility index (Phi) is 7.25. The van der Waals surface area contributed by atoms with Crippen molar-refractivity contribution in [2.45, 2.75) is 38.5 Å². The largest absolute Gasteiger partial charge is 0.453 e. The SMILES string of the molecule is CC1(C)c2ccccc2-c2ccc(N(c3ccc(-c4ccc5c6c4C(C)(C)c4ccccc4N6c4ccccc4O5)cc3)c3ccccc3-c3ccccc3)cc21. The third-order valence-corrected chi connectivity index (χ3v) is 12.6. The zero-order valence-electron chi connectivity index (χ0n) is 32.6. The molecule has 0 atom stereocenters. The maximum absolute atomic E-state index is 6.64. The first kappa shape index (κ1) is 33.5. The molecule has 1 aliphatic carbocycles. The van der Waals surface area contributed by atoms with Crippen LogP contribution in [0, 0.1) is 0 Å². The van der Waals surface area contributed by atoms with E-state index in [9.17, 15) is 0 Å². The molecule has 0 amide bonds. The lowest BCUT2D eigenvalue weighted by atomic mass is 9.70. The van der Waals surface area contributed by atoms with Crippen LogP contribution in [-0.4, -0.2) is 0 Å². The van der Waals surface area contributed by atoms with E-state index < -0.39 is 0 Å². The third kappa shape index (κ3) is 4.91. The van der Waals surface area contributed by atoms with Crippen molar-refractivity contribution in [2.75, 3.05) is 9.80 Å². The lowest BCUT2D eigenvalue weighted by Crippen LogP contribution is -2.33. The average molecular weight is 735 g/mol. The Morgan fingerprint density at radius 1 is 0.421 bits per heavy atom. The van der Waals surface area contributed by atoms with Gasteiger partial charge < -0.3 is 14.5 Å². The van der Waals surface area contributed by atoms with Gasteiger partial charge in [-0.15, -0.1) is 0 Å². The van der Waals surface area contributed by atoms with Crippen molar-refractivity contribution in [3.05, 3.63) is 204 Å². The molecular formula is C54H42N2O. The van der Waals surface area contributed by atoms with Gasteiger partial charge in [0.05, 0.1) is 22.7 Å². The van der Waals surface area contributed by atoms with Crippen LogP contribution in [0.1, 0.15) is 49.9 Å². The first-order chi connectivity index (χ1) is 27.8. The van der Waals surface area contributed by atoms with Gasteiger partial charge in [0.15, 0.2) is 11.5 Å². The Morgan fingerprint density at radius 2 is 1.02 bits per heavy atom. The quantitative estimate of drug-likeness (QED) is 0.175. The molecule has 0 fully saturated rings. The molecule has 0 aromatic heterocycles. The Labute approximate surface area is 335 Å². The van der Waals surface area contributed by atoms with Gasteiger partial charge in [-0.05, 0) is 105 Å². The minimum atomic E-state index is -0.280. The molecule has 11 rings (SSSR count). The van der Waals surface area contributed by atoms with Gasteiger partial charge in [-0.3, -0.25) is 0 Å². The molecule has 0 bridgehead atoms. The van der Waals surface area contributed by atoms with E-state index in [2.05, 4.69) is 213 Å². The Bertz CT molecular complexity index is 2890. The van der Waals surface area contributed by atoms with Gasteiger partial charge in [-0.2, -0.15) is 0 Å². The normalized spacial score (nSPS) is 14.7. The lowest BCUT2D eigenvalue weighted by molar-refractivity contribution is 0.471. The zero-order valence-corrected chi connectivity index (χ0v) is 32.6. The van der Waals surface area contributed by atoms with Gasteiger partial charge in [0.2, 0.25) is 0 Å². The maximum atomic E-state index is 6.64. The van der Waals surface area contributed by atoms with E-state index in [1.165, 1.54) is 61.3 Å². The number of ether oxygens (including phenoxy) is 1. The van der Waals surface area contributed by atoms with Gasteiger partial charge in [-0.1, -0.05) is 155 Å². The molecule has 8 aromatic rings. The second kappa shape index (κ2) is 12.3. The predicted molar refractivity (Wildman–Crippen MR) is 236 cm³/mol. The topological polar surface area (TPSA) is 15.7 Å². The number of fused-ring (bicyclic) bond motifs is 7. The van der Waals surface area contributed by atoms with E-state index >= 15 is 0 Å². The highest BCUT2D eigenvalue weighted by molar-refractivity contribution is 5.97. The van der Waals surface area contributed by atoms with Crippen LogP contribution in [0.2, 0.25) is 0 Å². The first-order valence-corrected chi connectivity index (χ1v) is 19.9. The van der Waals surface area contributed by atoms with Crippen LogP contribution in [-0.2, 0) is 10.8 Å². The monoisotopic (exact) mass is 734 g/mol. The van der Waals surface area contributed by atoms with Crippen molar-refractivity contribution >= 4 is 34.1 Å². The molecule has 2 aliphatic heterocycles. The molecule has 3 aliphatic rings. The number of anilines is 6. The average Bonchev–Trinajstić information content (AvgIpc) is 3.48. The Morgan fingerprint density at radius 3 is 1.82 bits per heavy atom. The number of rotatable bonds is 5. The van der Waals surface area contributed by atoms with Crippen molar-refractivity contribution in [3.63, 3.8) is 0 Å². The summed E-state index contributed by atoms with van der Waals surface area (Å²) in [6.45, 7) is 9.42. The van der Waals surface area contributed by atoms with Gasteiger partial charge in [-0.25, -0.2) is 0 Å². The summed E-state index contributed by atoms with van der Waals surface area (Å²) in [5, 5.41) is 0. The van der Waals surface area contributed by atoms with Crippen molar-refractivity contribution in [3.8, 4) is 44.9 Å². The van der Waals surface area contributed by atoms with Crippen LogP contribution in [0.15, 0.2) is 182 Å². The van der Waals surface area contributed by atoms with Crippen molar-refractivity contribution in [1.82, 2.24) is 0 Å². The van der Waals surface area contributed by atoms with E-state index in [0.717, 1.165) is 39.9 Å². The second-order valence-electron chi connectivity index (χ2n) is 16.5. The van der Waals surface area contributed by atoms with Gasteiger partial charge >= 0.3 is 0 Å². The number of benzene rings is 8. The molecule has 0 unspecified atom stereocenters. The molecule has 0 spiro atoms. The molecule has 0 N–H and O–H groups in total. The molecule has 0 saturated heterocycles. The smallest absolute Gasteiger partial charge is 0.151 e. The molecule has 2 heterocycles. The first-order valence-electron chi connectivity index (χ1n) is 19.9. The second-order valence-corrected chi connectivity index (χ2v) is 16.5. The molecule has 0 saturated carbocycles. The van der Waals surface area contributed by atoms with E-state index in [0.29, 0.717) is 0 Å². The van der Waals surface area contributed by atoms with Crippen LogP contribution < -0.4 is 14.5 Å². The molecule has 8 aromatic carbocycles. The third-order valence-electron chi connectivity index (χ3n) is 12.6. The van der Waals surface area contributed by atoms with Gasteiger partial charge in [0.25, 0.3) is 0 Å². The summed E-state index contributed by atoms with van der Waals surface area (Å²) in [4.78, 5) is 4.85. The molecule has 57 heavy (non-hydrogen) atoms. The van der Waals surface area contributed by atoms with E-state index in [-0.39, 0.29) is 10.8 Å². The van der Waals surface area contributed by atoms with Crippen LogP contribution in [0.25, 0.3) is 33.4 Å². The molecular weight excluding hydrogens is 693 g/mol. The highest BCUT2D eigenvalue weighted by Crippen LogP contribution is 2.61. The lowest BCUT2D eigenvalue weighted by Gasteiger charge is -2.45. The van der Waals surface area contributed by atoms with Crippen molar-refractivity contribution in [1.29, 1.82) is 0 Å².